The Morgan fingerprint density at radius 2 is 2.12 bits per heavy atom. The number of halogens is 3. The maximum atomic E-state index is 12.9. The molecule has 0 saturated carbocycles. The summed E-state index contributed by atoms with van der Waals surface area (Å²) in [5, 5.41) is 0.147. The van der Waals surface area contributed by atoms with Gasteiger partial charge in [0.15, 0.2) is 0 Å². The maximum Gasteiger partial charge on any atom is 0.233 e. The van der Waals surface area contributed by atoms with Gasteiger partial charge in [0.25, 0.3) is 0 Å². The second kappa shape index (κ2) is 5.89. The van der Waals surface area contributed by atoms with Crippen LogP contribution in [0.15, 0.2) is 18.2 Å². The number of hydrogen-bond donors (Lipinski definition) is 1. The van der Waals surface area contributed by atoms with Gasteiger partial charge < -0.3 is 0 Å². The Bertz CT molecular complexity index is 493. The molecule has 7 heteroatoms. The highest BCUT2D eigenvalue weighted by molar-refractivity contribution is 7.92. The molecule has 0 saturated heterocycles. The third-order valence-electron chi connectivity index (χ3n) is 1.96. The van der Waals surface area contributed by atoms with Crippen molar-refractivity contribution in [3.8, 4) is 0 Å². The van der Waals surface area contributed by atoms with Gasteiger partial charge in [0.1, 0.15) is 5.82 Å². The summed E-state index contributed by atoms with van der Waals surface area (Å²) in [5.74, 6) is -0.653. The first-order chi connectivity index (χ1) is 7.84. The highest BCUT2D eigenvalue weighted by Crippen LogP contribution is 2.23. The second-order valence-electron chi connectivity index (χ2n) is 3.77. The fourth-order valence-corrected chi connectivity index (χ4v) is 3.12. The van der Waals surface area contributed by atoms with Crippen LogP contribution in [-0.2, 0) is 10.0 Å². The van der Waals surface area contributed by atoms with Crippen molar-refractivity contribution < 1.29 is 12.8 Å². The Hall–Kier alpha value is -0.520. The number of nitrogens with one attached hydrogen (secondary N) is 1. The molecule has 0 spiro atoms. The molecule has 0 bridgehead atoms. The van der Waals surface area contributed by atoms with Crippen molar-refractivity contribution in [2.75, 3.05) is 16.4 Å². The summed E-state index contributed by atoms with van der Waals surface area (Å²) in [6.45, 7) is 1.71. The van der Waals surface area contributed by atoms with Crippen molar-refractivity contribution in [3.05, 3.63) is 29.0 Å². The summed E-state index contributed by atoms with van der Waals surface area (Å²) in [4.78, 5) is 0. The van der Waals surface area contributed by atoms with Gasteiger partial charge in [-0.25, -0.2) is 12.8 Å². The smallest absolute Gasteiger partial charge is 0.233 e. The van der Waals surface area contributed by atoms with Crippen molar-refractivity contribution in [2.45, 2.75) is 6.92 Å². The third-order valence-corrected chi connectivity index (χ3v) is 4.36. The standard InChI is InChI=1S/C10H12Cl2FNO2S/c1-7(5-11)6-17(15,16)14-10-4-8(13)2-3-9(10)12/h2-4,7,14H,5-6H2,1H3. The molecule has 1 atom stereocenters. The topological polar surface area (TPSA) is 46.2 Å². The van der Waals surface area contributed by atoms with Crippen molar-refractivity contribution in [2.24, 2.45) is 5.92 Å². The van der Waals surface area contributed by atoms with Gasteiger partial charge in [-0.15, -0.1) is 11.6 Å². The molecule has 0 aliphatic heterocycles. The minimum absolute atomic E-state index is 0.0356. The van der Waals surface area contributed by atoms with Crippen LogP contribution in [0.25, 0.3) is 0 Å². The van der Waals surface area contributed by atoms with Crippen LogP contribution in [0.5, 0.6) is 0 Å². The van der Waals surface area contributed by atoms with Crippen LogP contribution in [0.2, 0.25) is 5.02 Å². The molecule has 0 amide bonds. The average Bonchev–Trinajstić information content (AvgIpc) is 2.22. The van der Waals surface area contributed by atoms with E-state index in [-0.39, 0.29) is 28.3 Å². The Kier molecular flexibility index (Phi) is 5.04. The van der Waals surface area contributed by atoms with Gasteiger partial charge in [0.05, 0.1) is 16.5 Å². The molecule has 3 nitrogen and oxygen atoms in total. The predicted octanol–water partition coefficient (Wildman–Crippen LogP) is 3.10. The van der Waals surface area contributed by atoms with E-state index in [1.165, 1.54) is 6.07 Å². The van der Waals surface area contributed by atoms with Gasteiger partial charge >= 0.3 is 0 Å². The zero-order valence-electron chi connectivity index (χ0n) is 9.08. The lowest BCUT2D eigenvalue weighted by Crippen LogP contribution is -2.22. The van der Waals surface area contributed by atoms with E-state index in [0.717, 1.165) is 12.1 Å². The Labute approximate surface area is 110 Å². The molecular weight excluding hydrogens is 288 g/mol. The molecule has 17 heavy (non-hydrogen) atoms. The summed E-state index contributed by atoms with van der Waals surface area (Å²) in [7, 11) is -3.57. The lowest BCUT2D eigenvalue weighted by Gasteiger charge is -2.12. The molecule has 1 unspecified atom stereocenters. The summed E-state index contributed by atoms with van der Waals surface area (Å²) in [6, 6.07) is 3.48. The van der Waals surface area contributed by atoms with E-state index in [1.807, 2.05) is 0 Å². The number of rotatable bonds is 5. The first-order valence-electron chi connectivity index (χ1n) is 4.85. The van der Waals surface area contributed by atoms with E-state index in [9.17, 15) is 12.8 Å². The molecule has 0 aliphatic rings. The van der Waals surface area contributed by atoms with Crippen molar-refractivity contribution in [1.82, 2.24) is 0 Å². The van der Waals surface area contributed by atoms with E-state index in [2.05, 4.69) is 4.72 Å². The minimum Gasteiger partial charge on any atom is -0.282 e. The fraction of sp³-hybridized carbons (Fsp3) is 0.400. The predicted molar refractivity (Wildman–Crippen MR) is 68.7 cm³/mol. The fourth-order valence-electron chi connectivity index (χ4n) is 1.20. The van der Waals surface area contributed by atoms with Crippen LogP contribution >= 0.6 is 23.2 Å². The van der Waals surface area contributed by atoms with Crippen LogP contribution in [0, 0.1) is 11.7 Å². The van der Waals surface area contributed by atoms with Gasteiger partial charge in [0.2, 0.25) is 10.0 Å². The number of hydrogen-bond acceptors (Lipinski definition) is 2. The zero-order valence-corrected chi connectivity index (χ0v) is 11.4. The van der Waals surface area contributed by atoms with Gasteiger partial charge in [-0.05, 0) is 24.1 Å². The lowest BCUT2D eigenvalue weighted by atomic mass is 10.3. The van der Waals surface area contributed by atoms with E-state index in [0.29, 0.717) is 0 Å². The monoisotopic (exact) mass is 299 g/mol. The quantitative estimate of drug-likeness (QED) is 0.849. The molecule has 96 valence electrons. The minimum atomic E-state index is -3.57. The average molecular weight is 300 g/mol. The van der Waals surface area contributed by atoms with Crippen LogP contribution in [-0.4, -0.2) is 20.1 Å². The van der Waals surface area contributed by atoms with Crippen LogP contribution in [0.3, 0.4) is 0 Å². The van der Waals surface area contributed by atoms with Gasteiger partial charge in [0, 0.05) is 5.88 Å². The first kappa shape index (κ1) is 14.5. The summed E-state index contributed by atoms with van der Waals surface area (Å²) in [5.41, 5.74) is 0.0356. The van der Waals surface area contributed by atoms with E-state index in [4.69, 9.17) is 23.2 Å². The molecule has 0 radical (unpaired) electrons. The van der Waals surface area contributed by atoms with E-state index < -0.39 is 15.8 Å². The number of sulfonamides is 1. The molecule has 0 fully saturated rings. The second-order valence-corrected chi connectivity index (χ2v) is 6.25. The molecule has 0 heterocycles. The number of benzene rings is 1. The van der Waals surface area contributed by atoms with Crippen LogP contribution < -0.4 is 4.72 Å². The molecule has 1 N–H and O–H groups in total. The van der Waals surface area contributed by atoms with Crippen molar-refractivity contribution in [1.29, 1.82) is 0 Å². The Balaban J connectivity index is 2.86. The van der Waals surface area contributed by atoms with Crippen LogP contribution in [0.1, 0.15) is 6.92 Å². The molecule has 1 aromatic rings. The molecule has 0 aromatic heterocycles. The SMILES string of the molecule is CC(CCl)CS(=O)(=O)Nc1cc(F)ccc1Cl. The molecule has 1 rings (SSSR count). The largest absolute Gasteiger partial charge is 0.282 e. The highest BCUT2D eigenvalue weighted by Gasteiger charge is 2.16. The Morgan fingerprint density at radius 1 is 1.47 bits per heavy atom. The first-order valence-corrected chi connectivity index (χ1v) is 7.42. The van der Waals surface area contributed by atoms with Gasteiger partial charge in [-0.1, -0.05) is 18.5 Å². The lowest BCUT2D eigenvalue weighted by molar-refractivity contribution is 0.588. The van der Waals surface area contributed by atoms with E-state index >= 15 is 0 Å². The zero-order chi connectivity index (χ0) is 13.1. The summed E-state index contributed by atoms with van der Waals surface area (Å²) < 4.78 is 38.5. The molecule has 1 aromatic carbocycles. The third kappa shape index (κ3) is 4.69. The van der Waals surface area contributed by atoms with Crippen molar-refractivity contribution in [3.63, 3.8) is 0 Å². The van der Waals surface area contributed by atoms with Crippen LogP contribution in [0.4, 0.5) is 10.1 Å². The highest BCUT2D eigenvalue weighted by atomic mass is 35.5. The number of alkyl halides is 1. The van der Waals surface area contributed by atoms with Crippen molar-refractivity contribution >= 4 is 38.9 Å². The van der Waals surface area contributed by atoms with Gasteiger partial charge in [-0.3, -0.25) is 4.72 Å². The molecular formula is C10H12Cl2FNO2S. The Morgan fingerprint density at radius 3 is 2.71 bits per heavy atom. The van der Waals surface area contributed by atoms with Gasteiger partial charge in [-0.2, -0.15) is 0 Å². The normalized spacial score (nSPS) is 13.4. The maximum absolute atomic E-state index is 12.9. The summed E-state index contributed by atoms with van der Waals surface area (Å²) >= 11 is 11.3. The number of anilines is 1. The van der Waals surface area contributed by atoms with E-state index in [1.54, 1.807) is 6.92 Å². The molecule has 0 aliphatic carbocycles. The summed E-state index contributed by atoms with van der Waals surface area (Å²) in [6.07, 6.45) is 0.